The number of aromatic nitrogens is 2. The topological polar surface area (TPSA) is 95.2 Å². The number of carbonyl (C=O) groups is 2. The van der Waals surface area contributed by atoms with Gasteiger partial charge in [-0.05, 0) is 30.7 Å². The largest absolute Gasteiger partial charge is 0.350 e. The number of likely N-dealkylation sites (N-methyl/N-ethyl adjacent to an activating group) is 1. The summed E-state index contributed by atoms with van der Waals surface area (Å²) in [5.74, 6) is -1.15. The smallest absolute Gasteiger partial charge is 0.275 e. The fourth-order valence-electron chi connectivity index (χ4n) is 2.79. The van der Waals surface area contributed by atoms with Gasteiger partial charge in [-0.3, -0.25) is 14.4 Å². The van der Waals surface area contributed by atoms with Crippen LogP contribution in [0.15, 0.2) is 53.3 Å². The van der Waals surface area contributed by atoms with E-state index in [1.165, 1.54) is 17.0 Å². The van der Waals surface area contributed by atoms with E-state index in [1.54, 1.807) is 43.3 Å². The molecule has 0 radical (unpaired) electrons. The molecule has 0 aliphatic carbocycles. The molecule has 1 heterocycles. The lowest BCUT2D eigenvalue weighted by Crippen LogP contribution is -2.41. The molecule has 2 N–H and O–H groups in total. The zero-order chi connectivity index (χ0) is 20.1. The van der Waals surface area contributed by atoms with E-state index in [-0.39, 0.29) is 42.6 Å². The maximum Gasteiger partial charge on any atom is 0.275 e. The van der Waals surface area contributed by atoms with Crippen molar-refractivity contribution in [3.8, 4) is 0 Å². The minimum absolute atomic E-state index is 0.0865. The zero-order valence-corrected chi connectivity index (χ0v) is 15.2. The van der Waals surface area contributed by atoms with Gasteiger partial charge in [-0.15, -0.1) is 0 Å². The average molecular weight is 382 g/mol. The van der Waals surface area contributed by atoms with Crippen LogP contribution in [0.1, 0.15) is 23.0 Å². The van der Waals surface area contributed by atoms with Crippen molar-refractivity contribution in [2.45, 2.75) is 13.5 Å². The molecule has 8 heteroatoms. The highest BCUT2D eigenvalue weighted by Gasteiger charge is 2.21. The van der Waals surface area contributed by atoms with Crippen LogP contribution in [-0.2, 0) is 11.3 Å². The van der Waals surface area contributed by atoms with Crippen LogP contribution < -0.4 is 10.9 Å². The number of nitrogens with zero attached hydrogens (tertiary/aromatic N) is 2. The van der Waals surface area contributed by atoms with E-state index in [4.69, 9.17) is 0 Å². The molecule has 0 spiro atoms. The van der Waals surface area contributed by atoms with Gasteiger partial charge >= 0.3 is 0 Å². The number of rotatable bonds is 6. The second-order valence-electron chi connectivity index (χ2n) is 6.17. The van der Waals surface area contributed by atoms with Crippen molar-refractivity contribution in [2.75, 3.05) is 13.1 Å². The minimum Gasteiger partial charge on any atom is -0.350 e. The number of carbonyl (C=O) groups excluding carboxylic acids is 2. The number of fused-ring (bicyclic) bond motifs is 1. The molecule has 0 saturated heterocycles. The van der Waals surface area contributed by atoms with Crippen molar-refractivity contribution >= 4 is 22.6 Å². The summed E-state index contributed by atoms with van der Waals surface area (Å²) in [6.45, 7) is 2.10. The van der Waals surface area contributed by atoms with Gasteiger partial charge in [0, 0.05) is 18.5 Å². The molecule has 1 aromatic heterocycles. The maximum atomic E-state index is 12.9. The Bertz CT molecular complexity index is 1060. The van der Waals surface area contributed by atoms with Crippen LogP contribution >= 0.6 is 0 Å². The summed E-state index contributed by atoms with van der Waals surface area (Å²) in [4.78, 5) is 38.3. The molecule has 0 atom stereocenters. The Morgan fingerprint density at radius 1 is 1.11 bits per heavy atom. The third-order valence-corrected chi connectivity index (χ3v) is 4.30. The van der Waals surface area contributed by atoms with E-state index in [0.717, 1.165) is 5.56 Å². The Labute approximate surface area is 160 Å². The SMILES string of the molecule is CCN(CC(=O)NCc1ccc(F)cc1)C(=O)c1n[nH]c(=O)c2ccccc12. The highest BCUT2D eigenvalue weighted by Crippen LogP contribution is 2.14. The maximum absolute atomic E-state index is 12.9. The summed E-state index contributed by atoms with van der Waals surface area (Å²) >= 11 is 0. The van der Waals surface area contributed by atoms with Crippen molar-refractivity contribution in [3.05, 3.63) is 76.0 Å². The third-order valence-electron chi connectivity index (χ3n) is 4.30. The molecule has 2 amide bonds. The molecule has 0 aliphatic rings. The highest BCUT2D eigenvalue weighted by molar-refractivity contribution is 6.05. The Kier molecular flexibility index (Phi) is 5.78. The third kappa shape index (κ3) is 4.22. The molecule has 0 fully saturated rings. The number of H-pyrrole nitrogens is 1. The van der Waals surface area contributed by atoms with Gasteiger partial charge in [0.15, 0.2) is 5.69 Å². The van der Waals surface area contributed by atoms with E-state index in [1.807, 2.05) is 0 Å². The number of halogens is 1. The molecule has 3 aromatic rings. The van der Waals surface area contributed by atoms with Gasteiger partial charge in [-0.25, -0.2) is 9.49 Å². The zero-order valence-electron chi connectivity index (χ0n) is 15.2. The Hall–Kier alpha value is -3.55. The monoisotopic (exact) mass is 382 g/mol. The van der Waals surface area contributed by atoms with Gasteiger partial charge in [-0.2, -0.15) is 5.10 Å². The van der Waals surface area contributed by atoms with Crippen LogP contribution in [0.25, 0.3) is 10.8 Å². The molecule has 0 unspecified atom stereocenters. The first kappa shape index (κ1) is 19.2. The van der Waals surface area contributed by atoms with Crippen LogP contribution in [-0.4, -0.2) is 40.0 Å². The van der Waals surface area contributed by atoms with Crippen molar-refractivity contribution < 1.29 is 14.0 Å². The summed E-state index contributed by atoms with van der Waals surface area (Å²) in [5, 5.41) is 9.70. The summed E-state index contributed by atoms with van der Waals surface area (Å²) in [7, 11) is 0. The van der Waals surface area contributed by atoms with Gasteiger partial charge in [0.25, 0.3) is 11.5 Å². The van der Waals surface area contributed by atoms with Crippen LogP contribution in [0.5, 0.6) is 0 Å². The second-order valence-corrected chi connectivity index (χ2v) is 6.17. The second kappa shape index (κ2) is 8.43. The van der Waals surface area contributed by atoms with Crippen LogP contribution in [0.3, 0.4) is 0 Å². The Balaban J connectivity index is 1.72. The van der Waals surface area contributed by atoms with E-state index >= 15 is 0 Å². The molecular weight excluding hydrogens is 363 g/mol. The van der Waals surface area contributed by atoms with E-state index in [2.05, 4.69) is 15.5 Å². The normalized spacial score (nSPS) is 10.6. The Morgan fingerprint density at radius 2 is 1.79 bits per heavy atom. The predicted molar refractivity (Wildman–Crippen MR) is 102 cm³/mol. The van der Waals surface area contributed by atoms with Crippen LogP contribution in [0, 0.1) is 5.82 Å². The van der Waals surface area contributed by atoms with Gasteiger partial charge in [0.1, 0.15) is 5.82 Å². The average Bonchev–Trinajstić information content (AvgIpc) is 2.71. The number of benzene rings is 2. The molecule has 0 saturated carbocycles. The molecule has 7 nitrogen and oxygen atoms in total. The first-order valence-electron chi connectivity index (χ1n) is 8.77. The summed E-state index contributed by atoms with van der Waals surface area (Å²) < 4.78 is 12.9. The van der Waals surface area contributed by atoms with E-state index < -0.39 is 5.91 Å². The lowest BCUT2D eigenvalue weighted by Gasteiger charge is -2.20. The first-order valence-corrected chi connectivity index (χ1v) is 8.77. The fraction of sp³-hybridized carbons (Fsp3) is 0.200. The van der Waals surface area contributed by atoms with Crippen molar-refractivity contribution in [1.29, 1.82) is 0 Å². The summed E-state index contributed by atoms with van der Waals surface area (Å²) in [5.41, 5.74) is 0.452. The quantitative estimate of drug-likeness (QED) is 0.680. The molecular formula is C20H19FN4O3. The summed E-state index contributed by atoms with van der Waals surface area (Å²) in [6.07, 6.45) is 0. The highest BCUT2D eigenvalue weighted by atomic mass is 19.1. The van der Waals surface area contributed by atoms with Crippen molar-refractivity contribution in [1.82, 2.24) is 20.4 Å². The minimum atomic E-state index is -0.452. The molecule has 28 heavy (non-hydrogen) atoms. The first-order chi connectivity index (χ1) is 13.5. The van der Waals surface area contributed by atoms with Gasteiger partial charge < -0.3 is 10.2 Å². The number of amides is 2. The molecule has 2 aromatic carbocycles. The molecule has 144 valence electrons. The number of aromatic amines is 1. The van der Waals surface area contributed by atoms with E-state index in [0.29, 0.717) is 10.8 Å². The van der Waals surface area contributed by atoms with Gasteiger partial charge in [0.05, 0.1) is 11.9 Å². The predicted octanol–water partition coefficient (Wildman–Crippen LogP) is 1.84. The Morgan fingerprint density at radius 3 is 2.46 bits per heavy atom. The summed E-state index contributed by atoms with van der Waals surface area (Å²) in [6, 6.07) is 12.5. The molecule has 3 rings (SSSR count). The lowest BCUT2D eigenvalue weighted by molar-refractivity contribution is -0.121. The number of hydrogen-bond donors (Lipinski definition) is 2. The molecule has 0 aliphatic heterocycles. The fourth-order valence-corrected chi connectivity index (χ4v) is 2.79. The standard InChI is InChI=1S/C20H19FN4O3/c1-2-25(12-17(26)22-11-13-7-9-14(21)10-8-13)20(28)18-15-5-3-4-6-16(15)19(27)24-23-18/h3-10H,2,11-12H2,1H3,(H,22,26)(H,24,27). The van der Waals surface area contributed by atoms with Gasteiger partial charge in [0.2, 0.25) is 5.91 Å². The van der Waals surface area contributed by atoms with Crippen LogP contribution in [0.2, 0.25) is 0 Å². The molecule has 0 bridgehead atoms. The van der Waals surface area contributed by atoms with Gasteiger partial charge in [-0.1, -0.05) is 30.3 Å². The van der Waals surface area contributed by atoms with Crippen LogP contribution in [0.4, 0.5) is 4.39 Å². The van der Waals surface area contributed by atoms with E-state index in [9.17, 15) is 18.8 Å². The number of nitrogens with one attached hydrogen (secondary N) is 2. The van der Waals surface area contributed by atoms with Crippen molar-refractivity contribution in [2.24, 2.45) is 0 Å². The lowest BCUT2D eigenvalue weighted by atomic mass is 10.1. The van der Waals surface area contributed by atoms with Crippen molar-refractivity contribution in [3.63, 3.8) is 0 Å². The number of hydrogen-bond acceptors (Lipinski definition) is 4.